The average molecular weight is 691 g/mol. The van der Waals surface area contributed by atoms with Crippen LogP contribution in [0.1, 0.15) is 176 Å². The lowest BCUT2D eigenvalue weighted by atomic mass is 9.44. The molecule has 1 aromatic rings. The fourth-order valence-corrected chi connectivity index (χ4v) is 12.8. The summed E-state index contributed by atoms with van der Waals surface area (Å²) in [5, 5.41) is 11.2. The molecule has 0 aliphatic heterocycles. The van der Waals surface area contributed by atoms with Crippen molar-refractivity contribution < 1.29 is 14.6 Å². The number of ether oxygens (including phenoxy) is 1. The maximum Gasteiger partial charge on any atom is 0.308 e. The maximum absolute atomic E-state index is 13.2. The second kappa shape index (κ2) is 18.1. The smallest absolute Gasteiger partial charge is 0.308 e. The number of aliphatic hydroxyl groups excluding tert-OH is 1. The molecule has 12 atom stereocenters. The van der Waals surface area contributed by atoms with Crippen molar-refractivity contribution in [3.63, 3.8) is 0 Å². The van der Waals surface area contributed by atoms with Gasteiger partial charge >= 0.3 is 5.97 Å². The lowest BCUT2D eigenvalue weighted by molar-refractivity contribution is -0.165. The first-order valence-corrected chi connectivity index (χ1v) is 21.9. The third-order valence-corrected chi connectivity index (χ3v) is 16.0. The molecule has 50 heavy (non-hydrogen) atoms. The molecule has 3 heteroatoms. The zero-order chi connectivity index (χ0) is 35.9. The molecule has 5 rings (SSSR count). The van der Waals surface area contributed by atoms with Crippen LogP contribution in [-0.4, -0.2) is 23.3 Å². The van der Waals surface area contributed by atoms with E-state index in [0.717, 1.165) is 80.0 Å². The van der Waals surface area contributed by atoms with Crippen molar-refractivity contribution in [2.24, 2.45) is 64.1 Å². The summed E-state index contributed by atoms with van der Waals surface area (Å²) in [7, 11) is 0. The number of esters is 1. The first kappa shape index (κ1) is 39.8. The van der Waals surface area contributed by atoms with E-state index in [0.29, 0.717) is 16.7 Å². The Morgan fingerprint density at radius 2 is 1.54 bits per heavy atom. The molecule has 0 amide bonds. The zero-order valence-electron chi connectivity index (χ0n) is 33.6. The highest BCUT2D eigenvalue weighted by Crippen LogP contribution is 2.68. The van der Waals surface area contributed by atoms with E-state index in [4.69, 9.17) is 4.74 Å². The highest BCUT2D eigenvalue weighted by molar-refractivity contribution is 5.70. The van der Waals surface area contributed by atoms with Gasteiger partial charge in [-0.05, 0) is 147 Å². The van der Waals surface area contributed by atoms with Gasteiger partial charge in [0, 0.05) is 0 Å². The van der Waals surface area contributed by atoms with Crippen LogP contribution in [0, 0.1) is 64.1 Å². The third kappa shape index (κ3) is 9.41. The average Bonchev–Trinajstić information content (AvgIpc) is 3.45. The minimum Gasteiger partial charge on any atom is -0.462 e. The lowest BCUT2D eigenvalue weighted by Crippen LogP contribution is -2.54. The molecule has 1 N–H and O–H groups in total. The molecule has 1 aromatic carbocycles. The second-order valence-corrected chi connectivity index (χ2v) is 19.2. The lowest BCUT2D eigenvalue weighted by Gasteiger charge is -2.61. The van der Waals surface area contributed by atoms with Crippen LogP contribution in [0.3, 0.4) is 0 Å². The largest absolute Gasteiger partial charge is 0.462 e. The van der Waals surface area contributed by atoms with E-state index in [-0.39, 0.29) is 24.4 Å². The molecular formula is C47H78O3. The summed E-state index contributed by atoms with van der Waals surface area (Å²) in [6, 6.07) is 10.8. The van der Waals surface area contributed by atoms with Gasteiger partial charge in [0.15, 0.2) is 0 Å². The molecule has 0 bridgehead atoms. The van der Waals surface area contributed by atoms with Crippen LogP contribution in [0.4, 0.5) is 0 Å². The molecule has 284 valence electrons. The van der Waals surface area contributed by atoms with Crippen LogP contribution < -0.4 is 0 Å². The van der Waals surface area contributed by atoms with Gasteiger partial charge in [0.1, 0.15) is 6.10 Å². The first-order valence-electron chi connectivity index (χ1n) is 21.9. The topological polar surface area (TPSA) is 46.5 Å². The van der Waals surface area contributed by atoms with Crippen LogP contribution >= 0.6 is 0 Å². The Bertz CT molecular complexity index is 1160. The molecule has 0 spiro atoms. The molecule has 0 aromatic heterocycles. The van der Waals surface area contributed by atoms with Crippen molar-refractivity contribution in [1.82, 2.24) is 0 Å². The van der Waals surface area contributed by atoms with Gasteiger partial charge in [-0.1, -0.05) is 124 Å². The van der Waals surface area contributed by atoms with E-state index >= 15 is 0 Å². The summed E-state index contributed by atoms with van der Waals surface area (Å²) in [6.45, 7) is 17.2. The predicted molar refractivity (Wildman–Crippen MR) is 210 cm³/mol. The van der Waals surface area contributed by atoms with E-state index in [9.17, 15) is 9.90 Å². The fourth-order valence-electron chi connectivity index (χ4n) is 12.8. The van der Waals surface area contributed by atoms with E-state index in [1.54, 1.807) is 0 Å². The van der Waals surface area contributed by atoms with Crippen molar-refractivity contribution in [2.45, 2.75) is 189 Å². The van der Waals surface area contributed by atoms with Gasteiger partial charge in [0.05, 0.1) is 12.5 Å². The van der Waals surface area contributed by atoms with Gasteiger partial charge in [-0.2, -0.15) is 0 Å². The van der Waals surface area contributed by atoms with Gasteiger partial charge in [-0.15, -0.1) is 0 Å². The molecule has 3 nitrogen and oxygen atoms in total. The molecular weight excluding hydrogens is 613 g/mol. The Kier molecular flexibility index (Phi) is 14.4. The summed E-state index contributed by atoms with van der Waals surface area (Å²) in [6.07, 6.45) is 23.4. The maximum atomic E-state index is 13.2. The summed E-state index contributed by atoms with van der Waals surface area (Å²) < 4.78 is 6.19. The van der Waals surface area contributed by atoms with Crippen molar-refractivity contribution in [3.05, 3.63) is 35.9 Å². The number of hydrogen-bond donors (Lipinski definition) is 1. The van der Waals surface area contributed by atoms with Crippen molar-refractivity contribution >= 4 is 5.97 Å². The summed E-state index contributed by atoms with van der Waals surface area (Å²) in [5.41, 5.74) is 2.38. The molecule has 4 aliphatic rings. The number of rotatable bonds is 18. The van der Waals surface area contributed by atoms with Crippen molar-refractivity contribution in [3.8, 4) is 0 Å². The van der Waals surface area contributed by atoms with E-state index in [2.05, 4.69) is 78.8 Å². The van der Waals surface area contributed by atoms with Gasteiger partial charge < -0.3 is 9.84 Å². The quantitative estimate of drug-likeness (QED) is 0.156. The zero-order valence-corrected chi connectivity index (χ0v) is 33.6. The minimum absolute atomic E-state index is 0.0377. The Labute approximate surface area is 308 Å². The predicted octanol–water partition coefficient (Wildman–Crippen LogP) is 12.6. The molecule has 4 fully saturated rings. The van der Waals surface area contributed by atoms with Gasteiger partial charge in [-0.3, -0.25) is 4.79 Å². The summed E-state index contributed by atoms with van der Waals surface area (Å²) in [5.74, 6) is 6.69. The Morgan fingerprint density at radius 3 is 2.26 bits per heavy atom. The van der Waals surface area contributed by atoms with Gasteiger partial charge in [-0.25, -0.2) is 0 Å². The number of hydrogen-bond acceptors (Lipinski definition) is 3. The van der Waals surface area contributed by atoms with Crippen molar-refractivity contribution in [2.75, 3.05) is 0 Å². The summed E-state index contributed by atoms with van der Waals surface area (Å²) in [4.78, 5) is 13.2. The van der Waals surface area contributed by atoms with E-state index < -0.39 is 6.10 Å². The molecule has 4 saturated carbocycles. The van der Waals surface area contributed by atoms with Crippen LogP contribution in [0.25, 0.3) is 0 Å². The van der Waals surface area contributed by atoms with Crippen LogP contribution in [-0.2, 0) is 16.0 Å². The van der Waals surface area contributed by atoms with Crippen LogP contribution in [0.2, 0.25) is 0 Å². The van der Waals surface area contributed by atoms with Gasteiger partial charge in [0.2, 0.25) is 0 Å². The van der Waals surface area contributed by atoms with E-state index in [1.165, 1.54) is 89.0 Å². The number of aliphatic hydroxyl groups is 1. The van der Waals surface area contributed by atoms with Crippen molar-refractivity contribution in [1.29, 1.82) is 0 Å². The fraction of sp³-hybridized carbons (Fsp3) is 0.851. The van der Waals surface area contributed by atoms with Gasteiger partial charge in [0.25, 0.3) is 0 Å². The second-order valence-electron chi connectivity index (χ2n) is 19.2. The number of fused-ring (bicyclic) bond motifs is 5. The molecule has 3 unspecified atom stereocenters. The first-order chi connectivity index (χ1) is 24.0. The van der Waals surface area contributed by atoms with Crippen LogP contribution in [0.15, 0.2) is 30.3 Å². The molecule has 4 aliphatic carbocycles. The normalized spacial score (nSPS) is 34.7. The molecule has 0 saturated heterocycles. The number of aryl methyl sites for hydroxylation is 1. The minimum atomic E-state index is -0.592. The summed E-state index contributed by atoms with van der Waals surface area (Å²) >= 11 is 0. The number of benzene rings is 1. The molecule has 0 radical (unpaired) electrons. The van der Waals surface area contributed by atoms with Crippen LogP contribution in [0.5, 0.6) is 0 Å². The number of carbonyl (C=O) groups is 1. The highest BCUT2D eigenvalue weighted by Gasteiger charge is 2.60. The molecule has 0 heterocycles. The Balaban J connectivity index is 1.06. The van der Waals surface area contributed by atoms with E-state index in [1.807, 2.05) is 0 Å². The third-order valence-electron chi connectivity index (χ3n) is 16.0. The standard InChI is InChI=1S/C47H78O3/c1-8-35(21-22-36-17-11-10-12-18-36)19-14-20-37(9-2)44(48)32-45(49)50-39-27-29-46(6)38(31-39)23-24-40-42-26-25-41(34(5)16-13-15-33(3)4)47(42,7)30-28-43(40)46/h10-12,17-18,33-35,37-44,48H,8-9,13-16,19-32H2,1-7H3/t34-,35?,37?,38+,39+,40+,41-,42+,43+,44?,46+,47-/m1/s1. The highest BCUT2D eigenvalue weighted by atomic mass is 16.5. The monoisotopic (exact) mass is 691 g/mol. The Hall–Kier alpha value is -1.35. The SMILES string of the molecule is CCC(CCCC(CC)C(O)CC(=O)O[C@H]1CC[C@@]2(C)[C@@H](CC[C@@H]3[C@@H]2CC[C@]2(C)[C@@H]([C@H](C)CCCC(C)C)CC[C@@H]32)C1)CCc1ccccc1. The Morgan fingerprint density at radius 1 is 0.820 bits per heavy atom. The number of carbonyl (C=O) groups excluding carboxylic acids is 1.